The summed E-state index contributed by atoms with van der Waals surface area (Å²) in [6.45, 7) is 5.97. The number of likely N-dealkylation sites (N-methyl/N-ethyl adjacent to an activating group) is 1. The standard InChI is InChI=1S/C31H38FN5O3/c1-17(34-4)30(40)36-21-9-7-20(8-10-21)35-24-13-18(5-11-22(24)29(33)39)28-23-12-6-19(32)14-25(23)37-26(28)15-31(2,3)16-27(37)38/h5-6,11-14,17,20-21,34-35H,7-10,15-16H2,1-4H3,(H2,33,39)(H,36,40)/t17-,20?,21?/m0/s1. The normalized spacial score (nSPS) is 21.1. The highest BCUT2D eigenvalue weighted by atomic mass is 19.1. The molecule has 1 aliphatic heterocycles. The Hall–Kier alpha value is -3.72. The van der Waals surface area contributed by atoms with E-state index >= 15 is 0 Å². The lowest BCUT2D eigenvalue weighted by atomic mass is 9.80. The third kappa shape index (κ3) is 5.35. The minimum atomic E-state index is -0.529. The van der Waals surface area contributed by atoms with Crippen LogP contribution in [0, 0.1) is 11.2 Å². The van der Waals surface area contributed by atoms with E-state index in [1.165, 1.54) is 12.1 Å². The zero-order chi connectivity index (χ0) is 28.8. The minimum Gasteiger partial charge on any atom is -0.382 e. The number of aromatic nitrogens is 1. The first-order chi connectivity index (χ1) is 19.0. The SMILES string of the molecule is CN[C@@H](C)C(=O)NC1CCC(Nc2cc(-c3c4n(c5cc(F)ccc35)C(=O)CC(C)(C)C4)ccc2C(N)=O)CC1. The Bertz CT molecular complexity index is 1490. The Balaban J connectivity index is 1.47. The van der Waals surface area contributed by atoms with Gasteiger partial charge in [-0.1, -0.05) is 19.9 Å². The van der Waals surface area contributed by atoms with E-state index < -0.39 is 11.7 Å². The number of rotatable bonds is 7. The van der Waals surface area contributed by atoms with Crippen molar-refractivity contribution >= 4 is 34.3 Å². The van der Waals surface area contributed by atoms with Crippen LogP contribution in [0.1, 0.15) is 73.7 Å². The molecule has 8 nitrogen and oxygen atoms in total. The Morgan fingerprint density at radius 3 is 2.42 bits per heavy atom. The van der Waals surface area contributed by atoms with E-state index in [9.17, 15) is 18.8 Å². The third-order valence-electron chi connectivity index (χ3n) is 8.39. The molecule has 212 valence electrons. The van der Waals surface area contributed by atoms with Crippen molar-refractivity contribution in [3.8, 4) is 11.1 Å². The van der Waals surface area contributed by atoms with Crippen LogP contribution in [0.5, 0.6) is 0 Å². The molecule has 1 aliphatic carbocycles. The lowest BCUT2D eigenvalue weighted by molar-refractivity contribution is -0.123. The number of halogens is 1. The highest BCUT2D eigenvalue weighted by Gasteiger charge is 2.35. The van der Waals surface area contributed by atoms with Gasteiger partial charge < -0.3 is 21.7 Å². The maximum Gasteiger partial charge on any atom is 0.250 e. The second-order valence-corrected chi connectivity index (χ2v) is 12.1. The van der Waals surface area contributed by atoms with Crippen LogP contribution in [-0.4, -0.2) is 47.5 Å². The number of fused-ring (bicyclic) bond motifs is 3. The van der Waals surface area contributed by atoms with Crippen LogP contribution in [0.25, 0.3) is 22.0 Å². The van der Waals surface area contributed by atoms with Crippen LogP contribution < -0.4 is 21.7 Å². The van der Waals surface area contributed by atoms with E-state index in [4.69, 9.17) is 5.73 Å². The molecule has 2 heterocycles. The van der Waals surface area contributed by atoms with E-state index in [0.29, 0.717) is 29.6 Å². The highest BCUT2D eigenvalue weighted by Crippen LogP contribution is 2.43. The number of primary amides is 1. The molecule has 40 heavy (non-hydrogen) atoms. The molecule has 0 bridgehead atoms. The molecule has 2 amide bonds. The van der Waals surface area contributed by atoms with Crippen LogP contribution in [-0.2, 0) is 11.2 Å². The van der Waals surface area contributed by atoms with Crippen molar-refractivity contribution in [2.24, 2.45) is 11.1 Å². The Morgan fingerprint density at radius 2 is 1.75 bits per heavy atom. The first kappa shape index (κ1) is 27.8. The predicted molar refractivity (Wildman–Crippen MR) is 155 cm³/mol. The zero-order valence-electron chi connectivity index (χ0n) is 23.6. The number of nitrogens with two attached hydrogens (primary N) is 1. The fourth-order valence-electron chi connectivity index (χ4n) is 6.19. The smallest absolute Gasteiger partial charge is 0.250 e. The molecule has 1 saturated carbocycles. The van der Waals surface area contributed by atoms with Crippen LogP contribution in [0.4, 0.5) is 10.1 Å². The largest absolute Gasteiger partial charge is 0.382 e. The van der Waals surface area contributed by atoms with Crippen molar-refractivity contribution in [2.75, 3.05) is 12.4 Å². The first-order valence-corrected chi connectivity index (χ1v) is 14.0. The van der Waals surface area contributed by atoms with Gasteiger partial charge >= 0.3 is 0 Å². The molecule has 1 fully saturated rings. The molecule has 2 aliphatic rings. The number of amides is 2. The van der Waals surface area contributed by atoms with Gasteiger partial charge in [0.2, 0.25) is 11.8 Å². The fourth-order valence-corrected chi connectivity index (χ4v) is 6.19. The summed E-state index contributed by atoms with van der Waals surface area (Å²) in [7, 11) is 1.76. The number of carbonyl (C=O) groups is 3. The van der Waals surface area contributed by atoms with Crippen molar-refractivity contribution in [2.45, 2.75) is 77.4 Å². The molecule has 2 aromatic carbocycles. The quantitative estimate of drug-likeness (QED) is 0.345. The molecule has 0 radical (unpaired) electrons. The Labute approximate surface area is 233 Å². The van der Waals surface area contributed by atoms with Crippen LogP contribution in [0.2, 0.25) is 0 Å². The molecule has 3 aromatic rings. The maximum absolute atomic E-state index is 14.3. The number of nitrogens with one attached hydrogen (secondary N) is 3. The first-order valence-electron chi connectivity index (χ1n) is 14.0. The number of nitrogens with zero attached hydrogens (tertiary/aromatic N) is 1. The number of hydrogen-bond donors (Lipinski definition) is 4. The van der Waals surface area contributed by atoms with E-state index in [1.54, 1.807) is 23.7 Å². The average Bonchev–Trinajstić information content (AvgIpc) is 3.21. The van der Waals surface area contributed by atoms with Gasteiger partial charge in [-0.05, 0) is 87.4 Å². The Morgan fingerprint density at radius 1 is 1.05 bits per heavy atom. The molecule has 0 spiro atoms. The van der Waals surface area contributed by atoms with Gasteiger partial charge in [0.1, 0.15) is 5.82 Å². The number of hydrogen-bond acceptors (Lipinski definition) is 5. The van der Waals surface area contributed by atoms with Crippen LogP contribution >= 0.6 is 0 Å². The summed E-state index contributed by atoms with van der Waals surface area (Å²) in [5, 5.41) is 10.4. The van der Waals surface area contributed by atoms with Crippen molar-refractivity contribution < 1.29 is 18.8 Å². The van der Waals surface area contributed by atoms with Gasteiger partial charge in [-0.25, -0.2) is 4.39 Å². The van der Waals surface area contributed by atoms with E-state index in [2.05, 4.69) is 29.8 Å². The molecule has 5 rings (SSSR count). The van der Waals surface area contributed by atoms with Crippen LogP contribution in [0.15, 0.2) is 36.4 Å². The predicted octanol–water partition coefficient (Wildman–Crippen LogP) is 4.61. The van der Waals surface area contributed by atoms with E-state index in [-0.39, 0.29) is 35.4 Å². The maximum atomic E-state index is 14.3. The third-order valence-corrected chi connectivity index (χ3v) is 8.39. The summed E-state index contributed by atoms with van der Waals surface area (Å²) in [6.07, 6.45) is 4.34. The van der Waals surface area contributed by atoms with Gasteiger partial charge in [-0.2, -0.15) is 0 Å². The van der Waals surface area contributed by atoms with Crippen molar-refractivity contribution in [1.29, 1.82) is 0 Å². The summed E-state index contributed by atoms with van der Waals surface area (Å²) in [4.78, 5) is 37.9. The molecular weight excluding hydrogens is 509 g/mol. The lowest BCUT2D eigenvalue weighted by Crippen LogP contribution is -2.47. The summed E-state index contributed by atoms with van der Waals surface area (Å²) >= 11 is 0. The fraction of sp³-hybridized carbons (Fsp3) is 0.452. The van der Waals surface area contributed by atoms with Gasteiger partial charge in [0.15, 0.2) is 0 Å². The zero-order valence-corrected chi connectivity index (χ0v) is 23.6. The minimum absolute atomic E-state index is 0.00714. The summed E-state index contributed by atoms with van der Waals surface area (Å²) in [5.74, 6) is -0.978. The highest BCUT2D eigenvalue weighted by molar-refractivity contribution is 6.06. The van der Waals surface area contributed by atoms with E-state index in [1.807, 2.05) is 19.1 Å². The average molecular weight is 548 g/mol. The molecule has 0 saturated heterocycles. The summed E-state index contributed by atoms with van der Waals surface area (Å²) in [6, 6.07) is 10.0. The number of anilines is 1. The van der Waals surface area contributed by atoms with Gasteiger partial charge in [-0.15, -0.1) is 0 Å². The molecular formula is C31H38FN5O3. The van der Waals surface area contributed by atoms with Gasteiger partial charge in [0.25, 0.3) is 5.91 Å². The topological polar surface area (TPSA) is 118 Å². The second-order valence-electron chi connectivity index (χ2n) is 12.1. The second kappa shape index (κ2) is 10.7. The molecule has 0 unspecified atom stereocenters. The monoisotopic (exact) mass is 547 g/mol. The van der Waals surface area contributed by atoms with Gasteiger partial charge in [0, 0.05) is 40.8 Å². The van der Waals surface area contributed by atoms with Crippen LogP contribution in [0.3, 0.4) is 0 Å². The molecule has 1 aromatic heterocycles. The molecule has 5 N–H and O–H groups in total. The number of benzene rings is 2. The van der Waals surface area contributed by atoms with Crippen molar-refractivity contribution in [3.05, 3.63) is 53.5 Å². The Kier molecular flexibility index (Phi) is 7.44. The van der Waals surface area contributed by atoms with Crippen molar-refractivity contribution in [1.82, 2.24) is 15.2 Å². The van der Waals surface area contributed by atoms with Gasteiger partial charge in [0.05, 0.1) is 17.1 Å². The van der Waals surface area contributed by atoms with Crippen molar-refractivity contribution in [3.63, 3.8) is 0 Å². The van der Waals surface area contributed by atoms with E-state index in [0.717, 1.165) is 47.9 Å². The molecule has 1 atom stereocenters. The summed E-state index contributed by atoms with van der Waals surface area (Å²) < 4.78 is 16.0. The van der Waals surface area contributed by atoms with Gasteiger partial charge in [-0.3, -0.25) is 19.0 Å². The lowest BCUT2D eigenvalue weighted by Gasteiger charge is -2.31. The number of carbonyl (C=O) groups excluding carboxylic acids is 3. The molecule has 9 heteroatoms. The summed E-state index contributed by atoms with van der Waals surface area (Å²) in [5.41, 5.74) is 9.68.